The number of halogens is 4. The number of aromatic nitrogens is 1. The highest BCUT2D eigenvalue weighted by Gasteiger charge is 2.09. The topological polar surface area (TPSA) is 24.9 Å². The molecule has 1 heterocycles. The van der Waals surface area contributed by atoms with Crippen molar-refractivity contribution in [3.63, 3.8) is 0 Å². The Bertz CT molecular complexity index is 599. The van der Waals surface area contributed by atoms with E-state index in [4.69, 9.17) is 46.4 Å². The molecule has 1 aromatic carbocycles. The average Bonchev–Trinajstić information content (AvgIpc) is 2.30. The second-order valence-corrected chi connectivity index (χ2v) is 5.28. The van der Waals surface area contributed by atoms with Gasteiger partial charge in [-0.3, -0.25) is 0 Å². The molecule has 0 bridgehead atoms. The molecule has 2 aromatic rings. The van der Waals surface area contributed by atoms with Crippen LogP contribution in [-0.4, -0.2) is 4.98 Å². The van der Waals surface area contributed by atoms with Crippen molar-refractivity contribution in [3.05, 3.63) is 50.0 Å². The molecule has 0 spiro atoms. The lowest BCUT2D eigenvalue weighted by atomic mass is 10.2. The van der Waals surface area contributed by atoms with Crippen LogP contribution in [0.4, 0.5) is 11.5 Å². The summed E-state index contributed by atoms with van der Waals surface area (Å²) in [6.07, 6.45) is 0. The van der Waals surface area contributed by atoms with Crippen molar-refractivity contribution in [1.82, 2.24) is 4.98 Å². The van der Waals surface area contributed by atoms with Gasteiger partial charge in [-0.2, -0.15) is 0 Å². The lowest BCUT2D eigenvalue weighted by Gasteiger charge is -2.11. The molecule has 94 valence electrons. The van der Waals surface area contributed by atoms with Crippen LogP contribution in [-0.2, 0) is 0 Å². The molecule has 2 rings (SSSR count). The molecule has 6 heteroatoms. The highest BCUT2D eigenvalue weighted by Crippen LogP contribution is 2.32. The number of benzene rings is 1. The minimum atomic E-state index is 0.197. The molecule has 0 aliphatic heterocycles. The van der Waals surface area contributed by atoms with Crippen molar-refractivity contribution in [2.45, 2.75) is 6.92 Å². The quantitative estimate of drug-likeness (QED) is 0.712. The minimum absolute atomic E-state index is 0.197. The normalized spacial score (nSPS) is 10.5. The zero-order valence-electron chi connectivity index (χ0n) is 9.27. The van der Waals surface area contributed by atoms with Gasteiger partial charge in [0.05, 0.1) is 10.0 Å². The van der Waals surface area contributed by atoms with Gasteiger partial charge in [0, 0.05) is 10.7 Å². The van der Waals surface area contributed by atoms with E-state index < -0.39 is 0 Å². The Morgan fingerprint density at radius 1 is 1.00 bits per heavy atom. The van der Waals surface area contributed by atoms with E-state index in [1.165, 1.54) is 0 Å². The Labute approximate surface area is 125 Å². The molecule has 0 saturated carbocycles. The van der Waals surface area contributed by atoms with E-state index >= 15 is 0 Å². The monoisotopic (exact) mass is 320 g/mol. The standard InChI is InChI=1S/C12H8Cl4N2/c1-6-2-3-7(13)4-10(6)17-12-9(15)5-8(14)11(16)18-12/h2-5H,1H3,(H,17,18). The highest BCUT2D eigenvalue weighted by atomic mass is 35.5. The van der Waals surface area contributed by atoms with Gasteiger partial charge >= 0.3 is 0 Å². The second-order valence-electron chi connectivity index (χ2n) is 3.68. The van der Waals surface area contributed by atoms with Crippen LogP contribution in [0.25, 0.3) is 0 Å². The number of nitrogens with zero attached hydrogens (tertiary/aromatic N) is 1. The van der Waals surface area contributed by atoms with E-state index in [0.29, 0.717) is 20.9 Å². The third-order valence-corrected chi connectivity index (χ3v) is 3.54. The van der Waals surface area contributed by atoms with Crippen LogP contribution in [0.2, 0.25) is 20.2 Å². The lowest BCUT2D eigenvalue weighted by Crippen LogP contribution is -1.97. The van der Waals surface area contributed by atoms with Crippen LogP contribution in [0.1, 0.15) is 5.56 Å². The van der Waals surface area contributed by atoms with Crippen LogP contribution in [0.15, 0.2) is 24.3 Å². The maximum absolute atomic E-state index is 6.04. The third-order valence-electron chi connectivity index (χ3n) is 2.34. The molecule has 0 unspecified atom stereocenters. The molecule has 0 aliphatic carbocycles. The number of hydrogen-bond acceptors (Lipinski definition) is 2. The lowest BCUT2D eigenvalue weighted by molar-refractivity contribution is 1.30. The van der Waals surface area contributed by atoms with Gasteiger partial charge in [-0.25, -0.2) is 4.98 Å². The molecule has 0 radical (unpaired) electrons. The van der Waals surface area contributed by atoms with Gasteiger partial charge < -0.3 is 5.32 Å². The van der Waals surface area contributed by atoms with Crippen molar-refractivity contribution in [2.75, 3.05) is 5.32 Å². The number of rotatable bonds is 2. The number of nitrogens with one attached hydrogen (secondary N) is 1. The van der Waals surface area contributed by atoms with Crippen molar-refractivity contribution in [2.24, 2.45) is 0 Å². The Kier molecular flexibility index (Phi) is 4.23. The summed E-state index contributed by atoms with van der Waals surface area (Å²) in [4.78, 5) is 4.09. The maximum atomic E-state index is 6.04. The van der Waals surface area contributed by atoms with E-state index in [2.05, 4.69) is 10.3 Å². The van der Waals surface area contributed by atoms with Crippen molar-refractivity contribution in [1.29, 1.82) is 0 Å². The fourth-order valence-electron chi connectivity index (χ4n) is 1.39. The Hall–Kier alpha value is -0.670. The zero-order valence-corrected chi connectivity index (χ0v) is 12.3. The summed E-state index contributed by atoms with van der Waals surface area (Å²) >= 11 is 23.7. The van der Waals surface area contributed by atoms with Gasteiger partial charge in [-0.15, -0.1) is 0 Å². The van der Waals surface area contributed by atoms with Gasteiger partial charge in [0.25, 0.3) is 0 Å². The summed E-state index contributed by atoms with van der Waals surface area (Å²) in [5.41, 5.74) is 1.83. The molecule has 0 saturated heterocycles. The Morgan fingerprint density at radius 2 is 1.72 bits per heavy atom. The predicted octanol–water partition coefficient (Wildman–Crippen LogP) is 5.75. The fraction of sp³-hybridized carbons (Fsp3) is 0.0833. The first-order chi connectivity index (χ1) is 8.47. The summed E-state index contributed by atoms with van der Waals surface area (Å²) in [5.74, 6) is 0.441. The molecule has 0 fully saturated rings. The van der Waals surface area contributed by atoms with Gasteiger partial charge in [0.15, 0.2) is 5.82 Å². The van der Waals surface area contributed by atoms with E-state index in [0.717, 1.165) is 11.3 Å². The Morgan fingerprint density at radius 3 is 2.44 bits per heavy atom. The summed E-state index contributed by atoms with van der Waals surface area (Å²) < 4.78 is 0. The predicted molar refractivity (Wildman–Crippen MR) is 78.7 cm³/mol. The van der Waals surface area contributed by atoms with E-state index in [9.17, 15) is 0 Å². The van der Waals surface area contributed by atoms with Crippen LogP contribution < -0.4 is 5.32 Å². The number of hydrogen-bond donors (Lipinski definition) is 1. The number of aryl methyl sites for hydroxylation is 1. The molecule has 1 N–H and O–H groups in total. The molecule has 0 amide bonds. The van der Waals surface area contributed by atoms with Gasteiger partial charge in [-0.05, 0) is 30.7 Å². The number of anilines is 2. The highest BCUT2D eigenvalue weighted by molar-refractivity contribution is 6.43. The summed E-state index contributed by atoms with van der Waals surface area (Å²) in [5, 5.41) is 4.61. The average molecular weight is 322 g/mol. The molecule has 0 atom stereocenters. The van der Waals surface area contributed by atoms with Gasteiger partial charge in [-0.1, -0.05) is 52.5 Å². The summed E-state index contributed by atoms with van der Waals surface area (Å²) in [6.45, 7) is 1.95. The number of pyridine rings is 1. The van der Waals surface area contributed by atoms with Gasteiger partial charge in [0.2, 0.25) is 0 Å². The van der Waals surface area contributed by atoms with Crippen molar-refractivity contribution >= 4 is 57.9 Å². The second kappa shape index (κ2) is 5.54. The fourth-order valence-corrected chi connectivity index (χ4v) is 2.11. The molecular formula is C12H8Cl4N2. The SMILES string of the molecule is Cc1ccc(Cl)cc1Nc1nc(Cl)c(Cl)cc1Cl. The molecule has 1 aromatic heterocycles. The molecule has 2 nitrogen and oxygen atoms in total. The van der Waals surface area contributed by atoms with Crippen LogP contribution in [0, 0.1) is 6.92 Å². The van der Waals surface area contributed by atoms with Crippen LogP contribution in [0.5, 0.6) is 0 Å². The van der Waals surface area contributed by atoms with Crippen LogP contribution >= 0.6 is 46.4 Å². The summed E-state index contributed by atoms with van der Waals surface area (Å²) in [6, 6.07) is 7.04. The minimum Gasteiger partial charge on any atom is -0.339 e. The van der Waals surface area contributed by atoms with Crippen molar-refractivity contribution in [3.8, 4) is 0 Å². The largest absolute Gasteiger partial charge is 0.339 e. The van der Waals surface area contributed by atoms with Crippen LogP contribution in [0.3, 0.4) is 0 Å². The van der Waals surface area contributed by atoms with E-state index in [1.54, 1.807) is 12.1 Å². The van der Waals surface area contributed by atoms with Crippen molar-refractivity contribution < 1.29 is 0 Å². The molecule has 0 aliphatic rings. The Balaban J connectivity index is 2.40. The van der Waals surface area contributed by atoms with E-state index in [-0.39, 0.29) is 5.15 Å². The smallest absolute Gasteiger partial charge is 0.151 e. The molecule has 18 heavy (non-hydrogen) atoms. The first-order valence-electron chi connectivity index (χ1n) is 5.02. The maximum Gasteiger partial charge on any atom is 0.151 e. The summed E-state index contributed by atoms with van der Waals surface area (Å²) in [7, 11) is 0. The first kappa shape index (κ1) is 13.8. The molecular weight excluding hydrogens is 314 g/mol. The third kappa shape index (κ3) is 3.01. The zero-order chi connectivity index (χ0) is 13.3. The first-order valence-corrected chi connectivity index (χ1v) is 6.53. The van der Waals surface area contributed by atoms with E-state index in [1.807, 2.05) is 19.1 Å². The van der Waals surface area contributed by atoms with Gasteiger partial charge in [0.1, 0.15) is 5.15 Å².